The molecule has 8 nitrogen and oxygen atoms in total. The van der Waals surface area contributed by atoms with Crippen LogP contribution in [0.2, 0.25) is 0 Å². The number of Topliss-reactive ketones (excluding diaryl/α,β-unsaturated/α-hetero) is 1. The Morgan fingerprint density at radius 3 is 2.25 bits per heavy atom. The highest BCUT2D eigenvalue weighted by molar-refractivity contribution is 9.10. The fourth-order valence-electron chi connectivity index (χ4n) is 5.41. The first kappa shape index (κ1) is 29.5. The van der Waals surface area contributed by atoms with Crippen molar-refractivity contribution in [3.05, 3.63) is 68.5 Å². The summed E-state index contributed by atoms with van der Waals surface area (Å²) in [6.45, 7) is 6.09. The Morgan fingerprint density at radius 1 is 0.950 bits per heavy atom. The summed E-state index contributed by atoms with van der Waals surface area (Å²) in [6, 6.07) is 9.44. The summed E-state index contributed by atoms with van der Waals surface area (Å²) in [6.07, 6.45) is 0.876. The first-order valence-corrected chi connectivity index (χ1v) is 14.0. The highest BCUT2D eigenvalue weighted by atomic mass is 79.9. The van der Waals surface area contributed by atoms with E-state index in [9.17, 15) is 9.59 Å². The van der Waals surface area contributed by atoms with Crippen molar-refractivity contribution < 1.29 is 33.3 Å². The van der Waals surface area contributed by atoms with Crippen molar-refractivity contribution in [2.75, 3.05) is 35.0 Å². The molecule has 1 aliphatic carbocycles. The van der Waals surface area contributed by atoms with Crippen molar-refractivity contribution in [2.24, 2.45) is 5.92 Å². The number of halogens is 1. The molecule has 0 aromatic heterocycles. The number of esters is 1. The van der Waals surface area contributed by atoms with Crippen LogP contribution in [0.4, 0.5) is 0 Å². The number of ketones is 1. The minimum absolute atomic E-state index is 0.0360. The summed E-state index contributed by atoms with van der Waals surface area (Å²) >= 11 is 3.58. The number of allylic oxidation sites excluding steroid dienone is 3. The van der Waals surface area contributed by atoms with Gasteiger partial charge < -0.3 is 29.0 Å². The molecule has 2 aromatic carbocycles. The summed E-state index contributed by atoms with van der Waals surface area (Å²) < 4.78 is 28.3. The monoisotopic (exact) mass is 613 g/mol. The number of rotatable bonds is 9. The number of nitrogens with one attached hydrogen (secondary N) is 1. The fourth-order valence-corrected chi connectivity index (χ4v) is 6.03. The summed E-state index contributed by atoms with van der Waals surface area (Å²) in [5.74, 6) is 1.25. The maximum absolute atomic E-state index is 14.0. The molecule has 0 amide bonds. The second-order valence-electron chi connectivity index (χ2n) is 10.4. The molecule has 2 atom stereocenters. The minimum atomic E-state index is -0.633. The van der Waals surface area contributed by atoms with Crippen LogP contribution in [-0.2, 0) is 14.3 Å². The highest BCUT2D eigenvalue weighted by Gasteiger charge is 2.42. The maximum atomic E-state index is 14.0. The average molecular weight is 615 g/mol. The number of dihydropyridines is 1. The first-order valence-electron chi connectivity index (χ1n) is 13.2. The van der Waals surface area contributed by atoms with E-state index < -0.39 is 11.9 Å². The van der Waals surface area contributed by atoms with Gasteiger partial charge in [-0.25, -0.2) is 4.79 Å². The third kappa shape index (κ3) is 5.70. The quantitative estimate of drug-likeness (QED) is 0.342. The van der Waals surface area contributed by atoms with Crippen LogP contribution in [0.25, 0.3) is 0 Å². The molecule has 2 aromatic rings. The van der Waals surface area contributed by atoms with E-state index in [2.05, 4.69) is 21.2 Å². The van der Waals surface area contributed by atoms with Gasteiger partial charge in [-0.1, -0.05) is 19.9 Å². The highest BCUT2D eigenvalue weighted by Crippen LogP contribution is 2.49. The standard InChI is InChI=1S/C31H36BrNO7/c1-16(2)15-40-31(35)27-17(3)33-22-11-19(18-8-9-24(36-4)25(13-18)37-5)12-23(34)29(22)28(27)20-10-21(32)30(39-7)26(14-20)38-6/h8-10,13-14,16,19,28,33H,11-12,15H2,1-7H3/t19-,28-/m0/s1. The van der Waals surface area contributed by atoms with Crippen LogP contribution < -0.4 is 24.3 Å². The lowest BCUT2D eigenvalue weighted by molar-refractivity contribution is -0.140. The van der Waals surface area contributed by atoms with Crippen molar-refractivity contribution in [3.63, 3.8) is 0 Å². The lowest BCUT2D eigenvalue weighted by atomic mass is 9.71. The Kier molecular flexibility index (Phi) is 9.13. The van der Waals surface area contributed by atoms with Gasteiger partial charge >= 0.3 is 5.97 Å². The van der Waals surface area contributed by atoms with Gasteiger partial charge in [-0.3, -0.25) is 4.79 Å². The van der Waals surface area contributed by atoms with Gasteiger partial charge in [0.05, 0.1) is 45.1 Å². The van der Waals surface area contributed by atoms with E-state index in [0.717, 1.165) is 16.8 Å². The van der Waals surface area contributed by atoms with Gasteiger partial charge in [0.1, 0.15) is 0 Å². The van der Waals surface area contributed by atoms with Crippen LogP contribution in [0.3, 0.4) is 0 Å². The zero-order valence-corrected chi connectivity index (χ0v) is 25.6. The van der Waals surface area contributed by atoms with Crippen molar-refractivity contribution in [1.82, 2.24) is 5.32 Å². The van der Waals surface area contributed by atoms with Gasteiger partial charge in [0.25, 0.3) is 0 Å². The number of benzene rings is 2. The molecule has 0 radical (unpaired) electrons. The Hall–Kier alpha value is -3.46. The molecular weight excluding hydrogens is 578 g/mol. The molecule has 0 bridgehead atoms. The van der Waals surface area contributed by atoms with Crippen LogP contribution in [0.5, 0.6) is 23.0 Å². The zero-order chi connectivity index (χ0) is 29.1. The molecule has 0 saturated carbocycles. The van der Waals surface area contributed by atoms with Crippen molar-refractivity contribution in [3.8, 4) is 23.0 Å². The molecule has 9 heteroatoms. The largest absolute Gasteiger partial charge is 0.493 e. The Labute approximate surface area is 243 Å². The van der Waals surface area contributed by atoms with Crippen LogP contribution in [0.1, 0.15) is 56.6 Å². The number of carbonyl (C=O) groups excluding carboxylic acids is 2. The van der Waals surface area contributed by atoms with Crippen molar-refractivity contribution in [2.45, 2.75) is 45.4 Å². The van der Waals surface area contributed by atoms with Crippen molar-refractivity contribution >= 4 is 27.7 Å². The van der Waals surface area contributed by atoms with Crippen LogP contribution >= 0.6 is 15.9 Å². The normalized spacial score (nSPS) is 18.8. The molecule has 0 spiro atoms. The van der Waals surface area contributed by atoms with Crippen molar-refractivity contribution in [1.29, 1.82) is 0 Å². The first-order chi connectivity index (χ1) is 19.1. The molecule has 214 valence electrons. The Bertz CT molecular complexity index is 1380. The smallest absolute Gasteiger partial charge is 0.336 e. The number of hydrogen-bond donors (Lipinski definition) is 1. The van der Waals surface area contributed by atoms with E-state index in [1.54, 1.807) is 28.4 Å². The van der Waals surface area contributed by atoms with Gasteiger partial charge in [-0.2, -0.15) is 0 Å². The van der Waals surface area contributed by atoms with E-state index in [1.807, 2.05) is 51.1 Å². The van der Waals surface area contributed by atoms with Gasteiger partial charge in [-0.15, -0.1) is 0 Å². The molecule has 0 unspecified atom stereocenters. The maximum Gasteiger partial charge on any atom is 0.336 e. The predicted molar refractivity (Wildman–Crippen MR) is 155 cm³/mol. The topological polar surface area (TPSA) is 92.3 Å². The lowest BCUT2D eigenvalue weighted by Gasteiger charge is -2.37. The van der Waals surface area contributed by atoms with Crippen LogP contribution in [-0.4, -0.2) is 46.8 Å². The summed E-state index contributed by atoms with van der Waals surface area (Å²) in [5, 5.41) is 3.40. The Balaban J connectivity index is 1.82. The summed E-state index contributed by atoms with van der Waals surface area (Å²) in [5.41, 5.74) is 4.14. The second-order valence-corrected chi connectivity index (χ2v) is 11.2. The molecule has 1 heterocycles. The van der Waals surface area contributed by atoms with Crippen LogP contribution in [0.15, 0.2) is 57.3 Å². The number of hydrogen-bond acceptors (Lipinski definition) is 8. The third-order valence-electron chi connectivity index (χ3n) is 7.26. The molecular formula is C31H36BrNO7. The molecule has 0 saturated heterocycles. The molecule has 4 rings (SSSR count). The Morgan fingerprint density at radius 2 is 1.62 bits per heavy atom. The van der Waals surface area contributed by atoms with E-state index in [4.69, 9.17) is 23.7 Å². The SMILES string of the molecule is COc1ccc([C@@H]2CC(=O)C3=C(C2)NC(C)=C(C(=O)OCC(C)C)[C@@H]3c2cc(Br)c(OC)c(OC)c2)cc1OC. The number of carbonyl (C=O) groups is 2. The van der Waals surface area contributed by atoms with E-state index in [-0.39, 0.29) is 30.6 Å². The fraction of sp³-hybridized carbons (Fsp3) is 0.419. The van der Waals surface area contributed by atoms with Gasteiger partial charge in [0.15, 0.2) is 28.8 Å². The van der Waals surface area contributed by atoms with Gasteiger partial charge in [0, 0.05) is 29.3 Å². The zero-order valence-electron chi connectivity index (χ0n) is 24.0. The number of methoxy groups -OCH3 is 4. The second kappa shape index (κ2) is 12.4. The molecule has 40 heavy (non-hydrogen) atoms. The van der Waals surface area contributed by atoms with E-state index in [1.165, 1.54) is 0 Å². The molecule has 1 N–H and O–H groups in total. The molecule has 0 fully saturated rings. The predicted octanol–water partition coefficient (Wildman–Crippen LogP) is 6.04. The summed E-state index contributed by atoms with van der Waals surface area (Å²) in [7, 11) is 6.30. The van der Waals surface area contributed by atoms with Gasteiger partial charge in [0.2, 0.25) is 0 Å². The number of ether oxygens (including phenoxy) is 5. The summed E-state index contributed by atoms with van der Waals surface area (Å²) in [4.78, 5) is 27.5. The van der Waals surface area contributed by atoms with E-state index in [0.29, 0.717) is 50.7 Å². The minimum Gasteiger partial charge on any atom is -0.493 e. The van der Waals surface area contributed by atoms with Crippen LogP contribution in [0, 0.1) is 5.92 Å². The van der Waals surface area contributed by atoms with Gasteiger partial charge in [-0.05, 0) is 76.5 Å². The molecule has 2 aliphatic rings. The molecule has 1 aliphatic heterocycles. The lowest BCUT2D eigenvalue weighted by Crippen LogP contribution is -2.36. The third-order valence-corrected chi connectivity index (χ3v) is 7.85. The average Bonchev–Trinajstić information content (AvgIpc) is 2.93. The van der Waals surface area contributed by atoms with E-state index >= 15 is 0 Å².